The number of carbonyl (C=O) groups excluding carboxylic acids is 4. The van der Waals surface area contributed by atoms with E-state index in [1.807, 2.05) is 31.2 Å². The molecule has 1 aliphatic heterocycles. The molecule has 10 heteroatoms. The van der Waals surface area contributed by atoms with Crippen molar-refractivity contribution < 1.29 is 42.9 Å². The molecular weight excluding hydrogens is 428 g/mol. The smallest absolute Gasteiger partial charge is 0.303 e. The molecule has 170 valence electrons. The van der Waals surface area contributed by atoms with Crippen LogP contribution in [0.15, 0.2) is 29.2 Å². The van der Waals surface area contributed by atoms with E-state index >= 15 is 0 Å². The highest BCUT2D eigenvalue weighted by Crippen LogP contribution is 2.37. The lowest BCUT2D eigenvalue weighted by molar-refractivity contribution is -0.237. The molecule has 5 atom stereocenters. The Labute approximate surface area is 184 Å². The fraction of sp³-hybridized carbons (Fsp3) is 0.524. The van der Waals surface area contributed by atoms with Crippen LogP contribution in [0.1, 0.15) is 33.3 Å². The summed E-state index contributed by atoms with van der Waals surface area (Å²) in [5.41, 5.74) is 0.231. The Kier molecular flexibility index (Phi) is 8.88. The van der Waals surface area contributed by atoms with Crippen LogP contribution in [0.25, 0.3) is 0 Å². The van der Waals surface area contributed by atoms with Crippen molar-refractivity contribution in [1.29, 1.82) is 0 Å². The summed E-state index contributed by atoms with van der Waals surface area (Å²) >= 11 is 1.24. The summed E-state index contributed by atoms with van der Waals surface area (Å²) in [6, 6.07) is 7.56. The molecule has 0 bridgehead atoms. The van der Waals surface area contributed by atoms with Crippen LogP contribution in [-0.4, -0.2) is 60.3 Å². The summed E-state index contributed by atoms with van der Waals surface area (Å²) in [5, 5.41) is 0. The van der Waals surface area contributed by atoms with Gasteiger partial charge >= 0.3 is 23.9 Å². The Balaban J connectivity index is 2.43. The Bertz CT molecular complexity index is 808. The van der Waals surface area contributed by atoms with E-state index in [0.717, 1.165) is 10.5 Å². The SMILES string of the molecule is CC(=O)OCC1O[C@@H](Sc2ccc(C)cc2)C(OC(C)=O)C(OC(C)=O)[C@@H]1OC(C)=O. The lowest BCUT2D eigenvalue weighted by Crippen LogP contribution is -2.61. The molecule has 0 amide bonds. The lowest BCUT2D eigenvalue weighted by Gasteiger charge is -2.44. The number of hydrogen-bond acceptors (Lipinski definition) is 10. The van der Waals surface area contributed by atoms with Gasteiger partial charge in [0, 0.05) is 32.6 Å². The molecular formula is C21H26O9S. The molecule has 1 fully saturated rings. The maximum absolute atomic E-state index is 11.8. The molecule has 9 nitrogen and oxygen atoms in total. The predicted molar refractivity (Wildman–Crippen MR) is 109 cm³/mol. The van der Waals surface area contributed by atoms with Gasteiger partial charge in [-0.15, -0.1) is 0 Å². The van der Waals surface area contributed by atoms with E-state index < -0.39 is 53.7 Å². The molecule has 0 aromatic heterocycles. The van der Waals surface area contributed by atoms with E-state index in [2.05, 4.69) is 0 Å². The van der Waals surface area contributed by atoms with Gasteiger partial charge in [0.15, 0.2) is 18.3 Å². The van der Waals surface area contributed by atoms with Gasteiger partial charge in [0.2, 0.25) is 0 Å². The van der Waals surface area contributed by atoms with Crippen molar-refractivity contribution >= 4 is 35.6 Å². The van der Waals surface area contributed by atoms with Gasteiger partial charge in [-0.3, -0.25) is 19.2 Å². The van der Waals surface area contributed by atoms with E-state index in [1.165, 1.54) is 39.5 Å². The molecule has 1 aliphatic rings. The molecule has 1 aromatic rings. The van der Waals surface area contributed by atoms with Gasteiger partial charge in [-0.05, 0) is 19.1 Å². The summed E-state index contributed by atoms with van der Waals surface area (Å²) < 4.78 is 27.3. The van der Waals surface area contributed by atoms with Crippen LogP contribution in [0.4, 0.5) is 0 Å². The van der Waals surface area contributed by atoms with Crippen LogP contribution in [0.2, 0.25) is 0 Å². The first-order valence-electron chi connectivity index (χ1n) is 9.60. The second-order valence-corrected chi connectivity index (χ2v) is 8.17. The van der Waals surface area contributed by atoms with Crippen molar-refractivity contribution in [3.63, 3.8) is 0 Å². The van der Waals surface area contributed by atoms with E-state index in [0.29, 0.717) is 0 Å². The van der Waals surface area contributed by atoms with E-state index in [9.17, 15) is 19.2 Å². The largest absolute Gasteiger partial charge is 0.463 e. The van der Waals surface area contributed by atoms with E-state index in [4.69, 9.17) is 23.7 Å². The third-order valence-corrected chi connectivity index (χ3v) is 5.38. The third-order valence-electron chi connectivity index (χ3n) is 4.22. The normalized spacial score (nSPS) is 25.3. The first kappa shape index (κ1) is 24.7. The highest BCUT2D eigenvalue weighted by molar-refractivity contribution is 7.99. The van der Waals surface area contributed by atoms with Gasteiger partial charge in [0.05, 0.1) is 0 Å². The van der Waals surface area contributed by atoms with Crippen LogP contribution in [0, 0.1) is 6.92 Å². The molecule has 1 aromatic carbocycles. The first-order chi connectivity index (χ1) is 14.6. The molecule has 0 saturated carbocycles. The molecule has 3 unspecified atom stereocenters. The third kappa shape index (κ3) is 7.55. The lowest BCUT2D eigenvalue weighted by atomic mass is 9.99. The number of hydrogen-bond donors (Lipinski definition) is 0. The van der Waals surface area contributed by atoms with Crippen LogP contribution < -0.4 is 0 Å². The van der Waals surface area contributed by atoms with E-state index in [-0.39, 0.29) is 6.61 Å². The zero-order valence-corrected chi connectivity index (χ0v) is 18.8. The van der Waals surface area contributed by atoms with Crippen LogP contribution in [0.3, 0.4) is 0 Å². The summed E-state index contributed by atoms with van der Waals surface area (Å²) in [5.74, 6) is -2.50. The van der Waals surface area contributed by atoms with Crippen LogP contribution in [0.5, 0.6) is 0 Å². The number of benzene rings is 1. The zero-order valence-electron chi connectivity index (χ0n) is 18.0. The summed E-state index contributed by atoms with van der Waals surface area (Å²) in [6.07, 6.45) is -4.35. The minimum absolute atomic E-state index is 0.247. The molecule has 1 heterocycles. The molecule has 0 radical (unpaired) electrons. The number of esters is 4. The Morgan fingerprint density at radius 1 is 0.806 bits per heavy atom. The van der Waals surface area contributed by atoms with Crippen molar-refractivity contribution in [2.45, 2.75) is 69.4 Å². The number of ether oxygens (including phenoxy) is 5. The average molecular weight is 454 g/mol. The number of thioether (sulfide) groups is 1. The predicted octanol–water partition coefficient (Wildman–Crippen LogP) is 2.17. The summed E-state index contributed by atoms with van der Waals surface area (Å²) in [4.78, 5) is 47.5. The van der Waals surface area contributed by atoms with Gasteiger partial charge in [-0.25, -0.2) is 0 Å². The fourth-order valence-electron chi connectivity index (χ4n) is 3.03. The zero-order chi connectivity index (χ0) is 23.1. The number of aryl methyl sites for hydroxylation is 1. The molecule has 0 N–H and O–H groups in total. The molecule has 1 saturated heterocycles. The Hall–Kier alpha value is -2.59. The van der Waals surface area contributed by atoms with Gasteiger partial charge in [-0.1, -0.05) is 29.5 Å². The maximum atomic E-state index is 11.8. The quantitative estimate of drug-likeness (QED) is 0.448. The molecule has 31 heavy (non-hydrogen) atoms. The van der Waals surface area contributed by atoms with E-state index in [1.54, 1.807) is 0 Å². The first-order valence-corrected chi connectivity index (χ1v) is 10.5. The highest BCUT2D eigenvalue weighted by Gasteiger charge is 2.52. The summed E-state index contributed by atoms with van der Waals surface area (Å²) in [6.45, 7) is 6.51. The number of carbonyl (C=O) groups is 4. The monoisotopic (exact) mass is 454 g/mol. The van der Waals surface area contributed by atoms with Crippen molar-refractivity contribution in [2.24, 2.45) is 0 Å². The molecule has 2 rings (SSSR count). The van der Waals surface area contributed by atoms with Gasteiger partial charge in [0.1, 0.15) is 18.1 Å². The van der Waals surface area contributed by atoms with Crippen LogP contribution >= 0.6 is 11.8 Å². The molecule has 0 spiro atoms. The molecule has 0 aliphatic carbocycles. The average Bonchev–Trinajstić information content (AvgIpc) is 2.65. The number of rotatable bonds is 7. The van der Waals surface area contributed by atoms with Gasteiger partial charge < -0.3 is 23.7 Å². The standard InChI is InChI=1S/C21H26O9S/c1-11-6-8-16(9-7-11)31-21-20(29-15(5)25)19(28-14(4)24)18(27-13(3)23)17(30-21)10-26-12(2)22/h6-9,17-21H,10H2,1-5H3/t17?,18-,19?,20?,21+/m1/s1. The van der Waals surface area contributed by atoms with Crippen LogP contribution in [-0.2, 0) is 42.9 Å². The highest BCUT2D eigenvalue weighted by atomic mass is 32.2. The second-order valence-electron chi connectivity index (χ2n) is 7.00. The van der Waals surface area contributed by atoms with Gasteiger partial charge in [0.25, 0.3) is 0 Å². The van der Waals surface area contributed by atoms with Gasteiger partial charge in [-0.2, -0.15) is 0 Å². The Morgan fingerprint density at radius 2 is 1.32 bits per heavy atom. The maximum Gasteiger partial charge on any atom is 0.303 e. The Morgan fingerprint density at radius 3 is 1.84 bits per heavy atom. The van der Waals surface area contributed by atoms with Crippen molar-refractivity contribution in [3.05, 3.63) is 29.8 Å². The topological polar surface area (TPSA) is 114 Å². The van der Waals surface area contributed by atoms with Crippen molar-refractivity contribution in [3.8, 4) is 0 Å². The van der Waals surface area contributed by atoms with Crippen molar-refractivity contribution in [2.75, 3.05) is 6.61 Å². The van der Waals surface area contributed by atoms with Crippen molar-refractivity contribution in [1.82, 2.24) is 0 Å². The summed E-state index contributed by atoms with van der Waals surface area (Å²) in [7, 11) is 0. The minimum atomic E-state index is -1.16. The fourth-order valence-corrected chi connectivity index (χ4v) is 4.14. The second kappa shape index (κ2) is 11.1. The minimum Gasteiger partial charge on any atom is -0.463 e.